The SMILES string of the molecule is COc1cccc(CNCCCCN2C(=O)c3ccccc3C2=O)c1OC. The molecule has 1 N–H and O–H groups in total. The molecule has 0 bridgehead atoms. The third kappa shape index (κ3) is 3.95. The molecule has 2 aromatic rings. The summed E-state index contributed by atoms with van der Waals surface area (Å²) in [6.45, 7) is 1.88. The number of nitrogens with one attached hydrogen (secondary N) is 1. The number of carbonyl (C=O) groups is 2. The summed E-state index contributed by atoms with van der Waals surface area (Å²) in [5, 5.41) is 3.37. The average molecular weight is 368 g/mol. The van der Waals surface area contributed by atoms with Crippen molar-refractivity contribution in [1.82, 2.24) is 10.2 Å². The van der Waals surface area contributed by atoms with Crippen LogP contribution in [0.15, 0.2) is 42.5 Å². The number of para-hydroxylation sites is 1. The lowest BCUT2D eigenvalue weighted by molar-refractivity contribution is 0.0651. The minimum atomic E-state index is -0.190. The van der Waals surface area contributed by atoms with E-state index in [-0.39, 0.29) is 11.8 Å². The zero-order valence-corrected chi connectivity index (χ0v) is 15.7. The Morgan fingerprint density at radius 3 is 2.22 bits per heavy atom. The fourth-order valence-corrected chi connectivity index (χ4v) is 3.28. The third-order valence-corrected chi connectivity index (χ3v) is 4.66. The molecule has 2 amide bonds. The number of amides is 2. The van der Waals surface area contributed by atoms with Gasteiger partial charge in [-0.05, 0) is 37.6 Å². The molecule has 6 nitrogen and oxygen atoms in total. The Kier molecular flexibility index (Phi) is 6.08. The third-order valence-electron chi connectivity index (χ3n) is 4.66. The normalized spacial score (nSPS) is 13.0. The van der Waals surface area contributed by atoms with Crippen molar-refractivity contribution in [3.05, 3.63) is 59.2 Å². The first-order valence-electron chi connectivity index (χ1n) is 9.03. The summed E-state index contributed by atoms with van der Waals surface area (Å²) in [6, 6.07) is 12.8. The summed E-state index contributed by atoms with van der Waals surface area (Å²) in [7, 11) is 3.25. The fraction of sp³-hybridized carbons (Fsp3) is 0.333. The number of hydrogen-bond acceptors (Lipinski definition) is 5. The van der Waals surface area contributed by atoms with Crippen LogP contribution in [0.4, 0.5) is 0 Å². The summed E-state index contributed by atoms with van der Waals surface area (Å²) in [5.74, 6) is 1.07. The molecule has 3 rings (SSSR count). The number of benzene rings is 2. The standard InChI is InChI=1S/C21H24N2O4/c1-26-18-11-7-8-15(19(18)27-2)14-22-12-5-6-13-23-20(24)16-9-3-4-10-17(16)21(23)25/h3-4,7-11,22H,5-6,12-14H2,1-2H3. The van der Waals surface area contributed by atoms with Gasteiger partial charge in [-0.25, -0.2) is 0 Å². The average Bonchev–Trinajstić information content (AvgIpc) is 2.95. The topological polar surface area (TPSA) is 67.9 Å². The molecule has 6 heteroatoms. The van der Waals surface area contributed by atoms with Crippen LogP contribution in [-0.2, 0) is 6.54 Å². The van der Waals surface area contributed by atoms with Crippen LogP contribution < -0.4 is 14.8 Å². The molecule has 0 spiro atoms. The largest absolute Gasteiger partial charge is 0.493 e. The molecule has 27 heavy (non-hydrogen) atoms. The Morgan fingerprint density at radius 2 is 1.59 bits per heavy atom. The Hall–Kier alpha value is -2.86. The van der Waals surface area contributed by atoms with Crippen LogP contribution in [0.1, 0.15) is 39.1 Å². The van der Waals surface area contributed by atoms with Gasteiger partial charge in [-0.1, -0.05) is 24.3 Å². The van der Waals surface area contributed by atoms with Gasteiger partial charge in [0.2, 0.25) is 0 Å². The van der Waals surface area contributed by atoms with E-state index >= 15 is 0 Å². The van der Waals surface area contributed by atoms with Crippen LogP contribution in [0, 0.1) is 0 Å². The van der Waals surface area contributed by atoms with Crippen molar-refractivity contribution in [3.63, 3.8) is 0 Å². The molecule has 0 unspecified atom stereocenters. The molecule has 0 saturated heterocycles. The molecule has 2 aromatic carbocycles. The monoisotopic (exact) mass is 368 g/mol. The molecular weight excluding hydrogens is 344 g/mol. The molecule has 0 fully saturated rings. The van der Waals surface area contributed by atoms with Crippen LogP contribution in [0.5, 0.6) is 11.5 Å². The number of unbranched alkanes of at least 4 members (excludes halogenated alkanes) is 1. The van der Waals surface area contributed by atoms with Crippen LogP contribution >= 0.6 is 0 Å². The number of hydrogen-bond donors (Lipinski definition) is 1. The fourth-order valence-electron chi connectivity index (χ4n) is 3.28. The predicted octanol–water partition coefficient (Wildman–Crippen LogP) is 2.87. The lowest BCUT2D eigenvalue weighted by Gasteiger charge is -2.14. The van der Waals surface area contributed by atoms with E-state index in [0.717, 1.165) is 30.7 Å². The van der Waals surface area contributed by atoms with E-state index in [1.807, 2.05) is 18.2 Å². The quantitative estimate of drug-likeness (QED) is 0.544. The maximum absolute atomic E-state index is 12.3. The summed E-state index contributed by atoms with van der Waals surface area (Å²) in [5.41, 5.74) is 2.04. The molecule has 0 radical (unpaired) electrons. The lowest BCUT2D eigenvalue weighted by atomic mass is 10.1. The van der Waals surface area contributed by atoms with Gasteiger partial charge in [0.15, 0.2) is 11.5 Å². The molecule has 1 aliphatic rings. The van der Waals surface area contributed by atoms with Gasteiger partial charge in [-0.15, -0.1) is 0 Å². The van der Waals surface area contributed by atoms with Crippen molar-refractivity contribution in [2.75, 3.05) is 27.3 Å². The molecule has 0 saturated carbocycles. The van der Waals surface area contributed by atoms with Crippen molar-refractivity contribution in [2.45, 2.75) is 19.4 Å². The summed E-state index contributed by atoms with van der Waals surface area (Å²) < 4.78 is 10.7. The highest BCUT2D eigenvalue weighted by Gasteiger charge is 2.34. The Morgan fingerprint density at radius 1 is 0.889 bits per heavy atom. The van der Waals surface area contributed by atoms with E-state index in [1.54, 1.807) is 38.5 Å². The van der Waals surface area contributed by atoms with Crippen molar-refractivity contribution in [3.8, 4) is 11.5 Å². The van der Waals surface area contributed by atoms with Crippen LogP contribution in [0.3, 0.4) is 0 Å². The zero-order chi connectivity index (χ0) is 19.2. The molecule has 1 aliphatic heterocycles. The van der Waals surface area contributed by atoms with Gasteiger partial charge in [-0.3, -0.25) is 14.5 Å². The van der Waals surface area contributed by atoms with E-state index in [2.05, 4.69) is 5.32 Å². The van der Waals surface area contributed by atoms with Crippen molar-refractivity contribution < 1.29 is 19.1 Å². The Balaban J connectivity index is 1.43. The molecule has 0 atom stereocenters. The van der Waals surface area contributed by atoms with E-state index in [4.69, 9.17) is 9.47 Å². The highest BCUT2D eigenvalue weighted by atomic mass is 16.5. The molecule has 142 valence electrons. The second kappa shape index (κ2) is 8.68. The van der Waals surface area contributed by atoms with Gasteiger partial charge < -0.3 is 14.8 Å². The smallest absolute Gasteiger partial charge is 0.261 e. The van der Waals surface area contributed by atoms with E-state index in [9.17, 15) is 9.59 Å². The summed E-state index contributed by atoms with van der Waals surface area (Å²) >= 11 is 0. The van der Waals surface area contributed by atoms with Gasteiger partial charge in [0.1, 0.15) is 0 Å². The van der Waals surface area contributed by atoms with E-state index < -0.39 is 0 Å². The number of methoxy groups -OCH3 is 2. The minimum Gasteiger partial charge on any atom is -0.493 e. The number of nitrogens with zero attached hydrogens (tertiary/aromatic N) is 1. The number of ether oxygens (including phenoxy) is 2. The highest BCUT2D eigenvalue weighted by Crippen LogP contribution is 2.30. The number of fused-ring (bicyclic) bond motifs is 1. The van der Waals surface area contributed by atoms with Gasteiger partial charge >= 0.3 is 0 Å². The lowest BCUT2D eigenvalue weighted by Crippen LogP contribution is -2.31. The second-order valence-corrected chi connectivity index (χ2v) is 6.34. The van der Waals surface area contributed by atoms with E-state index in [1.165, 1.54) is 4.90 Å². The molecule has 0 aromatic heterocycles. The highest BCUT2D eigenvalue weighted by molar-refractivity contribution is 6.21. The van der Waals surface area contributed by atoms with Gasteiger partial charge in [-0.2, -0.15) is 0 Å². The van der Waals surface area contributed by atoms with Crippen molar-refractivity contribution >= 4 is 11.8 Å². The zero-order valence-electron chi connectivity index (χ0n) is 15.7. The first-order valence-corrected chi connectivity index (χ1v) is 9.03. The van der Waals surface area contributed by atoms with Crippen LogP contribution in [0.2, 0.25) is 0 Å². The minimum absolute atomic E-state index is 0.190. The van der Waals surface area contributed by atoms with E-state index in [0.29, 0.717) is 30.0 Å². The molecular formula is C21H24N2O4. The van der Waals surface area contributed by atoms with Gasteiger partial charge in [0.05, 0.1) is 25.3 Å². The number of imide groups is 1. The molecule has 1 heterocycles. The predicted molar refractivity (Wildman–Crippen MR) is 102 cm³/mol. The Labute approximate surface area is 159 Å². The summed E-state index contributed by atoms with van der Waals surface area (Å²) in [6.07, 6.45) is 1.62. The first-order chi connectivity index (χ1) is 13.2. The maximum atomic E-state index is 12.3. The first kappa shape index (κ1) is 18.9. The van der Waals surface area contributed by atoms with Crippen molar-refractivity contribution in [2.24, 2.45) is 0 Å². The van der Waals surface area contributed by atoms with Crippen LogP contribution in [0.25, 0.3) is 0 Å². The maximum Gasteiger partial charge on any atom is 0.261 e. The van der Waals surface area contributed by atoms with Crippen molar-refractivity contribution in [1.29, 1.82) is 0 Å². The number of carbonyl (C=O) groups excluding carboxylic acids is 2. The van der Waals surface area contributed by atoms with Gasteiger partial charge in [0.25, 0.3) is 11.8 Å². The molecule has 0 aliphatic carbocycles. The Bertz CT molecular complexity index is 800. The number of rotatable bonds is 9. The summed E-state index contributed by atoms with van der Waals surface area (Å²) in [4.78, 5) is 26.0. The van der Waals surface area contributed by atoms with Gasteiger partial charge in [0, 0.05) is 18.7 Å². The second-order valence-electron chi connectivity index (χ2n) is 6.34. The van der Waals surface area contributed by atoms with Crippen LogP contribution in [-0.4, -0.2) is 44.0 Å².